The first-order chi connectivity index (χ1) is 11.1. The van der Waals surface area contributed by atoms with Gasteiger partial charge in [-0.15, -0.1) is 0 Å². The highest BCUT2D eigenvalue weighted by Crippen LogP contribution is 2.43. The number of nitrogens with one attached hydrogen (secondary N) is 1. The van der Waals surface area contributed by atoms with E-state index in [-0.39, 0.29) is 11.8 Å². The Hall–Kier alpha value is -2.37. The van der Waals surface area contributed by atoms with Crippen molar-refractivity contribution in [2.75, 3.05) is 6.54 Å². The van der Waals surface area contributed by atoms with Gasteiger partial charge in [0.15, 0.2) is 0 Å². The first-order valence-electron chi connectivity index (χ1n) is 8.04. The summed E-state index contributed by atoms with van der Waals surface area (Å²) in [6.07, 6.45) is 4.67. The van der Waals surface area contributed by atoms with Crippen molar-refractivity contribution in [3.63, 3.8) is 0 Å². The molecule has 120 valence electrons. The molecule has 1 aliphatic heterocycles. The fourth-order valence-corrected chi connectivity index (χ4v) is 4.36. The smallest absolute Gasteiger partial charge is 0.326 e. The van der Waals surface area contributed by atoms with E-state index in [1.54, 1.807) is 11.1 Å². The Morgan fingerprint density at radius 2 is 2.17 bits per heavy atom. The second-order valence-electron chi connectivity index (χ2n) is 6.74. The number of carbonyl (C=O) groups excluding carboxylic acids is 1. The lowest BCUT2D eigenvalue weighted by molar-refractivity contribution is -0.142. The van der Waals surface area contributed by atoms with Crippen molar-refractivity contribution < 1.29 is 14.7 Å². The molecule has 1 aromatic heterocycles. The van der Waals surface area contributed by atoms with Gasteiger partial charge in [0.05, 0.1) is 17.3 Å². The number of amides is 1. The van der Waals surface area contributed by atoms with Crippen LogP contribution in [-0.2, 0) is 4.79 Å². The molecule has 0 bridgehead atoms. The second-order valence-corrected chi connectivity index (χ2v) is 6.74. The molecule has 1 aliphatic carbocycles. The van der Waals surface area contributed by atoms with Crippen molar-refractivity contribution in [3.05, 3.63) is 29.5 Å². The maximum absolute atomic E-state index is 13.1. The van der Waals surface area contributed by atoms with Crippen LogP contribution in [-0.4, -0.2) is 44.7 Å². The Labute approximate surface area is 133 Å². The summed E-state index contributed by atoms with van der Waals surface area (Å²) in [5.74, 6) is -0.674. The quantitative estimate of drug-likeness (QED) is 0.890. The first-order valence-corrected chi connectivity index (χ1v) is 8.04. The summed E-state index contributed by atoms with van der Waals surface area (Å²) in [7, 11) is 0. The number of benzene rings is 1. The molecule has 1 aromatic carbocycles. The highest BCUT2D eigenvalue weighted by Gasteiger charge is 2.49. The Morgan fingerprint density at radius 1 is 1.35 bits per heavy atom. The molecule has 6 nitrogen and oxygen atoms in total. The van der Waals surface area contributed by atoms with Crippen LogP contribution in [0.25, 0.3) is 10.9 Å². The van der Waals surface area contributed by atoms with Gasteiger partial charge >= 0.3 is 5.97 Å². The molecule has 4 rings (SSSR count). The van der Waals surface area contributed by atoms with Gasteiger partial charge in [0.2, 0.25) is 0 Å². The summed E-state index contributed by atoms with van der Waals surface area (Å²) in [6.45, 7) is 2.47. The maximum atomic E-state index is 13.1. The fraction of sp³-hybridized carbons (Fsp3) is 0.471. The average Bonchev–Trinajstić information content (AvgIpc) is 3.18. The summed E-state index contributed by atoms with van der Waals surface area (Å²) in [4.78, 5) is 26.4. The van der Waals surface area contributed by atoms with E-state index in [1.807, 2.05) is 19.1 Å². The summed E-state index contributed by atoms with van der Waals surface area (Å²) >= 11 is 0. The minimum Gasteiger partial charge on any atom is -0.480 e. The highest BCUT2D eigenvalue weighted by molar-refractivity contribution is 6.07. The number of aliphatic carboxylic acids is 1. The highest BCUT2D eigenvalue weighted by atomic mass is 16.4. The maximum Gasteiger partial charge on any atom is 0.326 e. The van der Waals surface area contributed by atoms with Gasteiger partial charge in [-0.05, 0) is 49.3 Å². The van der Waals surface area contributed by atoms with Gasteiger partial charge in [0.25, 0.3) is 5.91 Å². The molecule has 3 unspecified atom stereocenters. The predicted octanol–water partition coefficient (Wildman–Crippen LogP) is 2.20. The molecule has 23 heavy (non-hydrogen) atoms. The van der Waals surface area contributed by atoms with Crippen LogP contribution < -0.4 is 0 Å². The number of aromatic amines is 1. The number of aromatic nitrogens is 2. The van der Waals surface area contributed by atoms with Crippen LogP contribution in [0, 0.1) is 18.8 Å². The topological polar surface area (TPSA) is 86.3 Å². The number of carbonyl (C=O) groups is 2. The third-order valence-corrected chi connectivity index (χ3v) is 5.33. The Morgan fingerprint density at radius 3 is 2.96 bits per heavy atom. The fourth-order valence-electron chi connectivity index (χ4n) is 4.36. The number of carboxylic acid groups (broad SMARTS) is 1. The van der Waals surface area contributed by atoms with Crippen LogP contribution in [0.5, 0.6) is 0 Å². The van der Waals surface area contributed by atoms with Gasteiger partial charge in [-0.1, -0.05) is 6.42 Å². The van der Waals surface area contributed by atoms with Crippen LogP contribution in [0.2, 0.25) is 0 Å². The van der Waals surface area contributed by atoms with Gasteiger partial charge in [0, 0.05) is 11.9 Å². The average molecular weight is 313 g/mol. The molecule has 1 amide bonds. The minimum atomic E-state index is -0.888. The van der Waals surface area contributed by atoms with Crippen molar-refractivity contribution >= 4 is 22.8 Å². The van der Waals surface area contributed by atoms with Crippen LogP contribution >= 0.6 is 0 Å². The number of aryl methyl sites for hydroxylation is 1. The Bertz CT molecular complexity index is 797. The number of hydrogen-bond donors (Lipinski definition) is 2. The molecule has 2 aliphatic rings. The zero-order chi connectivity index (χ0) is 16.1. The van der Waals surface area contributed by atoms with E-state index in [0.29, 0.717) is 23.5 Å². The van der Waals surface area contributed by atoms with Gasteiger partial charge in [-0.2, -0.15) is 5.10 Å². The number of rotatable bonds is 2. The van der Waals surface area contributed by atoms with Crippen molar-refractivity contribution in [1.29, 1.82) is 0 Å². The SMILES string of the molecule is Cc1cc(C(=O)N2CC3CCCC3C2C(=O)O)c2[nH]ncc2c1. The molecule has 0 spiro atoms. The van der Waals surface area contributed by atoms with Crippen molar-refractivity contribution in [2.24, 2.45) is 11.8 Å². The Kier molecular flexibility index (Phi) is 3.14. The second kappa shape index (κ2) is 5.08. The third-order valence-electron chi connectivity index (χ3n) is 5.33. The van der Waals surface area contributed by atoms with Gasteiger partial charge in [-0.3, -0.25) is 9.89 Å². The zero-order valence-corrected chi connectivity index (χ0v) is 13.0. The first kappa shape index (κ1) is 14.2. The van der Waals surface area contributed by atoms with Crippen molar-refractivity contribution in [2.45, 2.75) is 32.2 Å². The van der Waals surface area contributed by atoms with Crippen LogP contribution in [0.3, 0.4) is 0 Å². The molecule has 1 saturated carbocycles. The summed E-state index contributed by atoms with van der Waals surface area (Å²) in [6, 6.07) is 3.08. The van der Waals surface area contributed by atoms with E-state index in [9.17, 15) is 14.7 Å². The van der Waals surface area contributed by atoms with E-state index >= 15 is 0 Å². The number of H-pyrrole nitrogens is 1. The Balaban J connectivity index is 1.75. The molecule has 2 heterocycles. The molecular weight excluding hydrogens is 294 g/mol. The predicted molar refractivity (Wildman–Crippen MR) is 84.1 cm³/mol. The largest absolute Gasteiger partial charge is 0.480 e. The van der Waals surface area contributed by atoms with E-state index in [0.717, 1.165) is 30.2 Å². The summed E-state index contributed by atoms with van der Waals surface area (Å²) < 4.78 is 0. The molecule has 1 saturated heterocycles. The van der Waals surface area contributed by atoms with Crippen LogP contribution in [0.1, 0.15) is 35.2 Å². The van der Waals surface area contributed by atoms with Gasteiger partial charge in [0.1, 0.15) is 6.04 Å². The number of fused-ring (bicyclic) bond motifs is 2. The van der Waals surface area contributed by atoms with Crippen LogP contribution in [0.4, 0.5) is 0 Å². The molecular formula is C17H19N3O3. The van der Waals surface area contributed by atoms with E-state index in [1.165, 1.54) is 0 Å². The standard InChI is InChI=1S/C17H19N3O3/c1-9-5-11-7-18-19-14(11)13(6-9)16(21)20-8-10-3-2-4-12(10)15(20)17(22)23/h5-7,10,12,15H,2-4,8H2,1H3,(H,18,19)(H,22,23). The molecule has 2 aromatic rings. The molecule has 3 atom stereocenters. The lowest BCUT2D eigenvalue weighted by Crippen LogP contribution is -2.43. The third kappa shape index (κ3) is 2.12. The summed E-state index contributed by atoms with van der Waals surface area (Å²) in [5, 5.41) is 17.4. The minimum absolute atomic E-state index is 0.0958. The summed E-state index contributed by atoms with van der Waals surface area (Å²) in [5.41, 5.74) is 2.17. The lowest BCUT2D eigenvalue weighted by Gasteiger charge is -2.24. The van der Waals surface area contributed by atoms with Crippen molar-refractivity contribution in [3.8, 4) is 0 Å². The van der Waals surface area contributed by atoms with Crippen molar-refractivity contribution in [1.82, 2.24) is 15.1 Å². The molecule has 2 fully saturated rings. The normalized spacial score (nSPS) is 26.7. The number of carboxylic acids is 1. The molecule has 2 N–H and O–H groups in total. The zero-order valence-electron chi connectivity index (χ0n) is 13.0. The van der Waals surface area contributed by atoms with Gasteiger partial charge in [-0.25, -0.2) is 4.79 Å². The number of nitrogens with zero attached hydrogens (tertiary/aromatic N) is 2. The lowest BCUT2D eigenvalue weighted by atomic mass is 9.94. The molecule has 6 heteroatoms. The number of hydrogen-bond acceptors (Lipinski definition) is 3. The molecule has 0 radical (unpaired) electrons. The monoisotopic (exact) mass is 313 g/mol. The van der Waals surface area contributed by atoms with E-state index < -0.39 is 12.0 Å². The van der Waals surface area contributed by atoms with Gasteiger partial charge < -0.3 is 10.0 Å². The van der Waals surface area contributed by atoms with E-state index in [4.69, 9.17) is 0 Å². The van der Waals surface area contributed by atoms with Crippen LogP contribution in [0.15, 0.2) is 18.3 Å². The number of likely N-dealkylation sites (tertiary alicyclic amines) is 1. The van der Waals surface area contributed by atoms with E-state index in [2.05, 4.69) is 10.2 Å².